The van der Waals surface area contributed by atoms with Crippen molar-refractivity contribution in [1.82, 2.24) is 0 Å². The van der Waals surface area contributed by atoms with Crippen molar-refractivity contribution in [2.75, 3.05) is 7.11 Å². The van der Waals surface area contributed by atoms with Gasteiger partial charge in [-0.25, -0.2) is 4.39 Å². The highest BCUT2D eigenvalue weighted by atomic mass is 19.1. The lowest BCUT2D eigenvalue weighted by atomic mass is 10.00. The first-order chi connectivity index (χ1) is 6.65. The minimum Gasteiger partial charge on any atom is -0.496 e. The molecule has 14 heavy (non-hydrogen) atoms. The van der Waals surface area contributed by atoms with E-state index in [0.717, 1.165) is 17.5 Å². The molecule has 0 radical (unpaired) electrons. The molecule has 0 saturated carbocycles. The molecule has 0 unspecified atom stereocenters. The van der Waals surface area contributed by atoms with E-state index in [2.05, 4.69) is 0 Å². The molecular weight excluding hydrogens is 181 g/mol. The van der Waals surface area contributed by atoms with Crippen LogP contribution < -0.4 is 10.5 Å². The predicted octanol–water partition coefficient (Wildman–Crippen LogP) is 2.16. The molecule has 78 valence electrons. The molecule has 2 nitrogen and oxygen atoms in total. The Morgan fingerprint density at radius 2 is 2.14 bits per heavy atom. The van der Waals surface area contributed by atoms with Crippen LogP contribution in [0.3, 0.4) is 0 Å². The van der Waals surface area contributed by atoms with E-state index in [1.165, 1.54) is 6.07 Å². The van der Waals surface area contributed by atoms with Crippen LogP contribution in [0.5, 0.6) is 5.75 Å². The summed E-state index contributed by atoms with van der Waals surface area (Å²) in [6.07, 6.45) is 0.802. The van der Waals surface area contributed by atoms with Gasteiger partial charge in [-0.05, 0) is 30.5 Å². The van der Waals surface area contributed by atoms with Crippen molar-refractivity contribution >= 4 is 0 Å². The highest BCUT2D eigenvalue weighted by Crippen LogP contribution is 2.29. The third kappa shape index (κ3) is 1.73. The molecule has 1 rings (SSSR count). The van der Waals surface area contributed by atoms with Gasteiger partial charge in [0.05, 0.1) is 7.11 Å². The standard InChI is InChI=1S/C11H16FNO/c1-4-9-8(6-13)5-10(12)7(2)11(9)14-3/h5H,4,6,13H2,1-3H3. The number of benzene rings is 1. The van der Waals surface area contributed by atoms with Crippen molar-refractivity contribution in [3.63, 3.8) is 0 Å². The minimum atomic E-state index is -0.250. The SMILES string of the molecule is CCc1c(CN)cc(F)c(C)c1OC. The fourth-order valence-corrected chi connectivity index (χ4v) is 1.67. The minimum absolute atomic E-state index is 0.250. The Morgan fingerprint density at radius 1 is 1.50 bits per heavy atom. The molecule has 0 spiro atoms. The van der Waals surface area contributed by atoms with Gasteiger partial charge >= 0.3 is 0 Å². The lowest BCUT2D eigenvalue weighted by molar-refractivity contribution is 0.401. The molecule has 0 atom stereocenters. The van der Waals surface area contributed by atoms with E-state index in [9.17, 15) is 4.39 Å². The summed E-state index contributed by atoms with van der Waals surface area (Å²) in [7, 11) is 1.56. The average Bonchev–Trinajstić information content (AvgIpc) is 2.20. The fraction of sp³-hybridized carbons (Fsp3) is 0.455. The molecule has 0 aliphatic rings. The van der Waals surface area contributed by atoms with Crippen LogP contribution in [0.4, 0.5) is 4.39 Å². The lowest BCUT2D eigenvalue weighted by Crippen LogP contribution is -2.06. The molecule has 0 bridgehead atoms. The highest BCUT2D eigenvalue weighted by Gasteiger charge is 2.13. The molecule has 1 aromatic carbocycles. The number of hydrogen-bond acceptors (Lipinski definition) is 2. The van der Waals surface area contributed by atoms with Crippen LogP contribution in [0.2, 0.25) is 0 Å². The van der Waals surface area contributed by atoms with Gasteiger partial charge in [-0.15, -0.1) is 0 Å². The van der Waals surface area contributed by atoms with Crippen LogP contribution in [0.1, 0.15) is 23.6 Å². The number of methoxy groups -OCH3 is 1. The molecular formula is C11H16FNO. The van der Waals surface area contributed by atoms with Gasteiger partial charge in [0.1, 0.15) is 11.6 Å². The van der Waals surface area contributed by atoms with Gasteiger partial charge in [0.25, 0.3) is 0 Å². The molecule has 0 amide bonds. The first kappa shape index (κ1) is 11.0. The second kappa shape index (κ2) is 4.42. The van der Waals surface area contributed by atoms with Gasteiger partial charge in [-0.3, -0.25) is 0 Å². The maximum Gasteiger partial charge on any atom is 0.130 e. The molecule has 0 aliphatic heterocycles. The molecule has 0 fully saturated rings. The van der Waals surface area contributed by atoms with Gasteiger partial charge in [0.2, 0.25) is 0 Å². The fourth-order valence-electron chi connectivity index (χ4n) is 1.67. The predicted molar refractivity (Wildman–Crippen MR) is 55.0 cm³/mol. The van der Waals surface area contributed by atoms with Crippen molar-refractivity contribution in [2.45, 2.75) is 26.8 Å². The van der Waals surface area contributed by atoms with E-state index >= 15 is 0 Å². The number of halogens is 1. The third-order valence-electron chi connectivity index (χ3n) is 2.44. The van der Waals surface area contributed by atoms with E-state index < -0.39 is 0 Å². The number of nitrogens with two attached hydrogens (primary N) is 1. The Hall–Kier alpha value is -1.09. The third-order valence-corrected chi connectivity index (χ3v) is 2.44. The highest BCUT2D eigenvalue weighted by molar-refractivity contribution is 5.46. The Kier molecular flexibility index (Phi) is 3.47. The van der Waals surface area contributed by atoms with Gasteiger partial charge in [0.15, 0.2) is 0 Å². The van der Waals surface area contributed by atoms with Crippen molar-refractivity contribution < 1.29 is 9.13 Å². The van der Waals surface area contributed by atoms with Gasteiger partial charge in [0, 0.05) is 12.1 Å². The van der Waals surface area contributed by atoms with Crippen molar-refractivity contribution in [1.29, 1.82) is 0 Å². The van der Waals surface area contributed by atoms with E-state index in [1.807, 2.05) is 6.92 Å². The average molecular weight is 197 g/mol. The van der Waals surface area contributed by atoms with Gasteiger partial charge in [-0.1, -0.05) is 6.92 Å². The summed E-state index contributed by atoms with van der Waals surface area (Å²) in [5, 5.41) is 0. The lowest BCUT2D eigenvalue weighted by Gasteiger charge is -2.14. The van der Waals surface area contributed by atoms with Crippen molar-refractivity contribution in [3.8, 4) is 5.75 Å². The quantitative estimate of drug-likeness (QED) is 0.806. The normalized spacial score (nSPS) is 10.4. The van der Waals surface area contributed by atoms with Gasteiger partial charge in [-0.2, -0.15) is 0 Å². The topological polar surface area (TPSA) is 35.2 Å². The first-order valence-corrected chi connectivity index (χ1v) is 4.70. The summed E-state index contributed by atoms with van der Waals surface area (Å²) in [5.41, 5.74) is 7.94. The second-order valence-electron chi connectivity index (χ2n) is 3.21. The van der Waals surface area contributed by atoms with Crippen LogP contribution in [-0.4, -0.2) is 7.11 Å². The number of hydrogen-bond donors (Lipinski definition) is 1. The second-order valence-corrected chi connectivity index (χ2v) is 3.21. The van der Waals surface area contributed by atoms with Crippen LogP contribution >= 0.6 is 0 Å². The molecule has 0 aromatic heterocycles. The monoisotopic (exact) mass is 197 g/mol. The Labute approximate surface area is 83.9 Å². The summed E-state index contributed by atoms with van der Waals surface area (Å²) in [4.78, 5) is 0. The number of rotatable bonds is 3. The summed E-state index contributed by atoms with van der Waals surface area (Å²) in [6.45, 7) is 4.07. The molecule has 3 heteroatoms. The van der Waals surface area contributed by atoms with Crippen LogP contribution in [-0.2, 0) is 13.0 Å². The van der Waals surface area contributed by atoms with Crippen LogP contribution in [0.25, 0.3) is 0 Å². The summed E-state index contributed by atoms with van der Waals surface area (Å²) < 4.78 is 18.6. The van der Waals surface area contributed by atoms with Crippen molar-refractivity contribution in [2.24, 2.45) is 5.73 Å². The summed E-state index contributed by atoms with van der Waals surface area (Å²) >= 11 is 0. The van der Waals surface area contributed by atoms with E-state index in [0.29, 0.717) is 17.9 Å². The molecule has 1 aromatic rings. The Balaban J connectivity index is 3.42. The summed E-state index contributed by atoms with van der Waals surface area (Å²) in [6, 6.07) is 1.50. The van der Waals surface area contributed by atoms with Gasteiger partial charge < -0.3 is 10.5 Å². The van der Waals surface area contributed by atoms with Crippen LogP contribution in [0.15, 0.2) is 6.07 Å². The first-order valence-electron chi connectivity index (χ1n) is 4.70. The smallest absolute Gasteiger partial charge is 0.130 e. The Morgan fingerprint density at radius 3 is 2.57 bits per heavy atom. The van der Waals surface area contributed by atoms with E-state index in [1.54, 1.807) is 14.0 Å². The van der Waals surface area contributed by atoms with E-state index in [4.69, 9.17) is 10.5 Å². The molecule has 0 saturated heterocycles. The maximum absolute atomic E-state index is 13.4. The Bertz CT molecular complexity index is 337. The molecule has 0 aliphatic carbocycles. The summed E-state index contributed by atoms with van der Waals surface area (Å²) in [5.74, 6) is 0.382. The van der Waals surface area contributed by atoms with Crippen molar-refractivity contribution in [3.05, 3.63) is 28.6 Å². The largest absolute Gasteiger partial charge is 0.496 e. The zero-order valence-corrected chi connectivity index (χ0v) is 8.86. The molecule has 2 N–H and O–H groups in total. The maximum atomic E-state index is 13.4. The molecule has 0 heterocycles. The zero-order valence-electron chi connectivity index (χ0n) is 8.86. The number of ether oxygens (including phenoxy) is 1. The van der Waals surface area contributed by atoms with E-state index in [-0.39, 0.29) is 5.82 Å². The zero-order chi connectivity index (χ0) is 10.7. The van der Waals surface area contributed by atoms with Crippen LogP contribution in [0, 0.1) is 12.7 Å².